The average Bonchev–Trinajstić information content (AvgIpc) is 2.79. The second-order valence-corrected chi connectivity index (χ2v) is 5.70. The number of thioether (sulfide) groups is 1. The van der Waals surface area contributed by atoms with Gasteiger partial charge < -0.3 is 10.1 Å². The van der Waals surface area contributed by atoms with Crippen molar-refractivity contribution in [3.63, 3.8) is 0 Å². The van der Waals surface area contributed by atoms with Gasteiger partial charge in [0.2, 0.25) is 0 Å². The molecule has 15 heavy (non-hydrogen) atoms. The second kappa shape index (κ2) is 6.74. The number of ether oxygens (including phenoxy) is 1. The Labute approximate surface area is 96.9 Å². The van der Waals surface area contributed by atoms with E-state index in [1.165, 1.54) is 31.7 Å². The molecule has 0 saturated carbocycles. The fraction of sp³-hybridized carbons (Fsp3) is 1.00. The molecular formula is C11H22N2OS. The highest BCUT2D eigenvalue weighted by Crippen LogP contribution is 2.24. The fourth-order valence-electron chi connectivity index (χ4n) is 2.13. The molecule has 3 nitrogen and oxygen atoms in total. The van der Waals surface area contributed by atoms with Crippen molar-refractivity contribution < 1.29 is 4.74 Å². The summed E-state index contributed by atoms with van der Waals surface area (Å²) in [6.45, 7) is 7.57. The lowest BCUT2D eigenvalue weighted by atomic mass is 10.2. The molecule has 0 aromatic heterocycles. The number of hydrogen-bond donors (Lipinski definition) is 1. The Morgan fingerprint density at radius 1 is 1.33 bits per heavy atom. The molecule has 1 unspecified atom stereocenters. The van der Waals surface area contributed by atoms with Crippen LogP contribution in [-0.2, 0) is 4.74 Å². The summed E-state index contributed by atoms with van der Waals surface area (Å²) < 4.78 is 5.32. The molecule has 0 aliphatic carbocycles. The molecule has 2 aliphatic heterocycles. The van der Waals surface area contributed by atoms with Gasteiger partial charge >= 0.3 is 0 Å². The first-order chi connectivity index (χ1) is 7.45. The van der Waals surface area contributed by atoms with Gasteiger partial charge in [0, 0.05) is 38.0 Å². The van der Waals surface area contributed by atoms with E-state index < -0.39 is 0 Å². The molecule has 0 radical (unpaired) electrons. The monoisotopic (exact) mass is 230 g/mol. The van der Waals surface area contributed by atoms with Gasteiger partial charge in [-0.3, -0.25) is 4.90 Å². The van der Waals surface area contributed by atoms with Gasteiger partial charge in [0.05, 0.1) is 13.2 Å². The number of nitrogens with one attached hydrogen (secondary N) is 1. The molecule has 0 spiro atoms. The third kappa shape index (κ3) is 4.31. The van der Waals surface area contributed by atoms with Crippen LogP contribution >= 0.6 is 11.8 Å². The molecule has 0 bridgehead atoms. The molecule has 0 aromatic carbocycles. The highest BCUT2D eigenvalue weighted by Gasteiger charge is 2.15. The average molecular weight is 230 g/mol. The largest absolute Gasteiger partial charge is 0.379 e. The van der Waals surface area contributed by atoms with Crippen molar-refractivity contribution in [1.29, 1.82) is 0 Å². The van der Waals surface area contributed by atoms with Crippen LogP contribution in [0.25, 0.3) is 0 Å². The van der Waals surface area contributed by atoms with Gasteiger partial charge in [-0.15, -0.1) is 0 Å². The van der Waals surface area contributed by atoms with Crippen LogP contribution < -0.4 is 5.32 Å². The van der Waals surface area contributed by atoms with Crippen LogP contribution in [0.3, 0.4) is 0 Å². The van der Waals surface area contributed by atoms with Crippen molar-refractivity contribution in [3.05, 3.63) is 0 Å². The minimum Gasteiger partial charge on any atom is -0.379 e. The van der Waals surface area contributed by atoms with Crippen LogP contribution in [0.15, 0.2) is 0 Å². The highest BCUT2D eigenvalue weighted by atomic mass is 32.2. The third-order valence-electron chi connectivity index (χ3n) is 3.10. The summed E-state index contributed by atoms with van der Waals surface area (Å²) in [5, 5.41) is 4.46. The number of hydrogen-bond acceptors (Lipinski definition) is 4. The minimum atomic E-state index is 0.884. The zero-order chi connectivity index (χ0) is 10.3. The Morgan fingerprint density at radius 2 is 2.20 bits per heavy atom. The Kier molecular flexibility index (Phi) is 5.26. The molecule has 2 heterocycles. The second-order valence-electron chi connectivity index (χ2n) is 4.29. The number of nitrogens with zero attached hydrogens (tertiary/aromatic N) is 1. The van der Waals surface area contributed by atoms with Crippen LogP contribution in [0.5, 0.6) is 0 Å². The van der Waals surface area contributed by atoms with Crippen molar-refractivity contribution in [2.24, 2.45) is 0 Å². The Morgan fingerprint density at radius 3 is 2.93 bits per heavy atom. The maximum Gasteiger partial charge on any atom is 0.0594 e. The zero-order valence-electron chi connectivity index (χ0n) is 9.41. The van der Waals surface area contributed by atoms with E-state index in [0.29, 0.717) is 0 Å². The predicted octanol–water partition coefficient (Wildman–Crippen LogP) is 0.804. The first kappa shape index (κ1) is 11.7. The molecule has 88 valence electrons. The predicted molar refractivity (Wildman–Crippen MR) is 65.6 cm³/mol. The van der Waals surface area contributed by atoms with Crippen LogP contribution in [0.1, 0.15) is 12.8 Å². The van der Waals surface area contributed by atoms with Gasteiger partial charge in [-0.05, 0) is 18.6 Å². The Balaban J connectivity index is 1.47. The van der Waals surface area contributed by atoms with Crippen molar-refractivity contribution in [1.82, 2.24) is 10.2 Å². The molecule has 0 aromatic rings. The molecule has 2 aliphatic rings. The maximum absolute atomic E-state index is 5.32. The van der Waals surface area contributed by atoms with E-state index in [4.69, 9.17) is 4.74 Å². The van der Waals surface area contributed by atoms with E-state index >= 15 is 0 Å². The third-order valence-corrected chi connectivity index (χ3v) is 4.50. The van der Waals surface area contributed by atoms with Gasteiger partial charge in [-0.25, -0.2) is 0 Å². The topological polar surface area (TPSA) is 24.5 Å². The van der Waals surface area contributed by atoms with E-state index in [9.17, 15) is 0 Å². The lowest BCUT2D eigenvalue weighted by Crippen LogP contribution is -2.41. The van der Waals surface area contributed by atoms with E-state index in [1.54, 1.807) is 0 Å². The smallest absolute Gasteiger partial charge is 0.0594 e. The summed E-state index contributed by atoms with van der Waals surface area (Å²) in [6.07, 6.45) is 2.83. The first-order valence-electron chi connectivity index (χ1n) is 6.07. The lowest BCUT2D eigenvalue weighted by molar-refractivity contribution is 0.0384. The van der Waals surface area contributed by atoms with Gasteiger partial charge in [-0.2, -0.15) is 11.8 Å². The Hall–Kier alpha value is 0.230. The van der Waals surface area contributed by atoms with Crippen LogP contribution in [0, 0.1) is 0 Å². The zero-order valence-corrected chi connectivity index (χ0v) is 10.2. The van der Waals surface area contributed by atoms with Gasteiger partial charge in [0.25, 0.3) is 0 Å². The van der Waals surface area contributed by atoms with E-state index in [0.717, 1.165) is 38.1 Å². The Bertz CT molecular complexity index is 168. The number of morpholine rings is 1. The standard InChI is InChI=1S/C11H22N2OS/c1-2-11(15-9-1)10-12-3-4-13-5-7-14-8-6-13/h11-12H,1-10H2. The molecule has 4 heteroatoms. The van der Waals surface area contributed by atoms with Crippen molar-refractivity contribution in [2.45, 2.75) is 18.1 Å². The van der Waals surface area contributed by atoms with Crippen molar-refractivity contribution in [2.75, 3.05) is 51.7 Å². The molecule has 0 amide bonds. The normalized spacial score (nSPS) is 28.4. The highest BCUT2D eigenvalue weighted by molar-refractivity contribution is 8.00. The minimum absolute atomic E-state index is 0.884. The van der Waals surface area contributed by atoms with Crippen molar-refractivity contribution >= 4 is 11.8 Å². The van der Waals surface area contributed by atoms with Crippen LogP contribution in [0.4, 0.5) is 0 Å². The number of rotatable bonds is 5. The lowest BCUT2D eigenvalue weighted by Gasteiger charge is -2.26. The van der Waals surface area contributed by atoms with E-state index in [1.807, 2.05) is 0 Å². The summed E-state index contributed by atoms with van der Waals surface area (Å²) in [4.78, 5) is 2.48. The quantitative estimate of drug-likeness (QED) is 0.706. The molecule has 2 saturated heterocycles. The maximum atomic E-state index is 5.32. The van der Waals surface area contributed by atoms with Gasteiger partial charge in [0.15, 0.2) is 0 Å². The molecule has 2 rings (SSSR count). The fourth-order valence-corrected chi connectivity index (χ4v) is 3.37. The summed E-state index contributed by atoms with van der Waals surface area (Å²) in [6, 6.07) is 0. The van der Waals surface area contributed by atoms with Gasteiger partial charge in [-0.1, -0.05) is 0 Å². The molecular weight excluding hydrogens is 208 g/mol. The van der Waals surface area contributed by atoms with E-state index in [2.05, 4.69) is 22.0 Å². The molecule has 2 fully saturated rings. The summed E-state index contributed by atoms with van der Waals surface area (Å²) in [5.41, 5.74) is 0. The molecule has 1 atom stereocenters. The van der Waals surface area contributed by atoms with Crippen LogP contribution in [0.2, 0.25) is 0 Å². The first-order valence-corrected chi connectivity index (χ1v) is 7.12. The molecule has 1 N–H and O–H groups in total. The van der Waals surface area contributed by atoms with Gasteiger partial charge in [0.1, 0.15) is 0 Å². The van der Waals surface area contributed by atoms with Crippen molar-refractivity contribution in [3.8, 4) is 0 Å². The SMILES string of the molecule is C1CSC(CNCCN2CCOCC2)C1. The summed E-state index contributed by atoms with van der Waals surface area (Å²) in [5.74, 6) is 1.37. The summed E-state index contributed by atoms with van der Waals surface area (Å²) >= 11 is 2.13. The summed E-state index contributed by atoms with van der Waals surface area (Å²) in [7, 11) is 0. The van der Waals surface area contributed by atoms with E-state index in [-0.39, 0.29) is 0 Å². The van der Waals surface area contributed by atoms with Crippen LogP contribution in [-0.4, -0.2) is 61.8 Å².